The molecule has 0 heterocycles. The molecule has 0 fully saturated rings. The van der Waals surface area contributed by atoms with E-state index in [1.54, 1.807) is 0 Å². The maximum atomic E-state index is 11.1. The van der Waals surface area contributed by atoms with Gasteiger partial charge in [-0.25, -0.2) is 4.79 Å². The van der Waals surface area contributed by atoms with Gasteiger partial charge in [-0.1, -0.05) is 20.3 Å². The summed E-state index contributed by atoms with van der Waals surface area (Å²) < 4.78 is 9.80. The van der Waals surface area contributed by atoms with Crippen molar-refractivity contribution in [3.05, 3.63) is 0 Å². The molecule has 17 heavy (non-hydrogen) atoms. The number of hydrogen-bond acceptors (Lipinski definition) is 4. The second-order valence-electron chi connectivity index (χ2n) is 3.74. The first-order valence-electron chi connectivity index (χ1n) is 6.27. The average molecular weight is 245 g/mol. The van der Waals surface area contributed by atoms with Gasteiger partial charge in [0.1, 0.15) is 0 Å². The number of ether oxygens (including phenoxy) is 2. The Balaban J connectivity index is 3.27. The van der Waals surface area contributed by atoms with E-state index in [2.05, 4.69) is 12.2 Å². The number of unbranched alkanes of at least 4 members (excludes halogenated alkanes) is 1. The number of nitrogens with one attached hydrogen (secondary N) is 1. The summed E-state index contributed by atoms with van der Waals surface area (Å²) in [5.41, 5.74) is 0. The zero-order chi connectivity index (χ0) is 12.9. The molecule has 0 unspecified atom stereocenters. The first kappa shape index (κ1) is 15.7. The molecule has 0 bridgehead atoms. The summed E-state index contributed by atoms with van der Waals surface area (Å²) in [6, 6.07) is 0. The monoisotopic (exact) mass is 245 g/mol. The topological polar surface area (TPSA) is 64.6 Å². The van der Waals surface area contributed by atoms with E-state index in [0.29, 0.717) is 26.0 Å². The standard InChI is InChI=1S/C12H23NO4/c1-3-5-8-13-12(15)17-10-6-9-16-11(14)7-4-2/h3-10H2,1-2H3,(H,13,15). The highest BCUT2D eigenvalue weighted by atomic mass is 16.6. The Labute approximate surface area is 103 Å². The van der Waals surface area contributed by atoms with E-state index >= 15 is 0 Å². The molecule has 0 aromatic heterocycles. The predicted molar refractivity (Wildman–Crippen MR) is 64.7 cm³/mol. The summed E-state index contributed by atoms with van der Waals surface area (Å²) >= 11 is 0. The third-order valence-corrected chi connectivity index (χ3v) is 2.04. The van der Waals surface area contributed by atoms with Crippen LogP contribution < -0.4 is 5.32 Å². The molecule has 5 heteroatoms. The van der Waals surface area contributed by atoms with Crippen LogP contribution in [0.15, 0.2) is 0 Å². The number of esters is 1. The van der Waals surface area contributed by atoms with Crippen molar-refractivity contribution >= 4 is 12.1 Å². The van der Waals surface area contributed by atoms with Crippen molar-refractivity contribution in [3.8, 4) is 0 Å². The Morgan fingerprint density at radius 2 is 1.71 bits per heavy atom. The van der Waals surface area contributed by atoms with Crippen molar-refractivity contribution in [2.75, 3.05) is 19.8 Å². The van der Waals surface area contributed by atoms with Gasteiger partial charge in [0.2, 0.25) is 0 Å². The van der Waals surface area contributed by atoms with E-state index < -0.39 is 6.09 Å². The third kappa shape index (κ3) is 11.0. The first-order valence-corrected chi connectivity index (χ1v) is 6.27. The fraction of sp³-hybridized carbons (Fsp3) is 0.833. The summed E-state index contributed by atoms with van der Waals surface area (Å²) in [4.78, 5) is 22.0. The molecule has 1 N–H and O–H groups in total. The quantitative estimate of drug-likeness (QED) is 0.500. The minimum Gasteiger partial charge on any atom is -0.466 e. The molecule has 0 aromatic rings. The molecule has 100 valence electrons. The molecule has 0 aliphatic rings. The van der Waals surface area contributed by atoms with Gasteiger partial charge in [-0.05, 0) is 12.8 Å². The fourth-order valence-corrected chi connectivity index (χ4v) is 1.10. The number of rotatable bonds is 9. The van der Waals surface area contributed by atoms with Gasteiger partial charge >= 0.3 is 12.1 Å². The van der Waals surface area contributed by atoms with Gasteiger partial charge in [0.25, 0.3) is 0 Å². The van der Waals surface area contributed by atoms with Gasteiger partial charge in [0.15, 0.2) is 0 Å². The lowest BCUT2D eigenvalue weighted by atomic mass is 10.3. The van der Waals surface area contributed by atoms with Crippen molar-refractivity contribution in [2.45, 2.75) is 46.0 Å². The normalized spacial score (nSPS) is 9.76. The third-order valence-electron chi connectivity index (χ3n) is 2.04. The molecule has 0 radical (unpaired) electrons. The van der Waals surface area contributed by atoms with E-state index in [1.165, 1.54) is 0 Å². The minimum absolute atomic E-state index is 0.195. The lowest BCUT2D eigenvalue weighted by Crippen LogP contribution is -2.25. The summed E-state index contributed by atoms with van der Waals surface area (Å²) in [5.74, 6) is -0.195. The molecule has 0 rings (SSSR count). The van der Waals surface area contributed by atoms with Crippen molar-refractivity contribution in [3.63, 3.8) is 0 Å². The Bertz CT molecular complexity index is 219. The van der Waals surface area contributed by atoms with E-state index in [-0.39, 0.29) is 12.6 Å². The molecule has 5 nitrogen and oxygen atoms in total. The largest absolute Gasteiger partial charge is 0.466 e. The SMILES string of the molecule is CCCCNC(=O)OCCCOC(=O)CCC. The lowest BCUT2D eigenvalue weighted by Gasteiger charge is -2.06. The maximum Gasteiger partial charge on any atom is 0.407 e. The number of hydrogen-bond donors (Lipinski definition) is 1. The molecule has 1 amide bonds. The van der Waals surface area contributed by atoms with Crippen LogP contribution in [-0.4, -0.2) is 31.8 Å². The molecule has 0 aliphatic heterocycles. The fourth-order valence-electron chi connectivity index (χ4n) is 1.10. The van der Waals surface area contributed by atoms with E-state index in [0.717, 1.165) is 19.3 Å². The van der Waals surface area contributed by atoms with Crippen molar-refractivity contribution in [1.82, 2.24) is 5.32 Å². The predicted octanol–water partition coefficient (Wildman–Crippen LogP) is 2.25. The van der Waals surface area contributed by atoms with Gasteiger partial charge in [-0.15, -0.1) is 0 Å². The molecule has 0 spiro atoms. The van der Waals surface area contributed by atoms with Gasteiger partial charge in [0.05, 0.1) is 13.2 Å². The molecular formula is C12H23NO4. The van der Waals surface area contributed by atoms with Crippen LogP contribution >= 0.6 is 0 Å². The van der Waals surface area contributed by atoms with Gasteiger partial charge in [-0.2, -0.15) is 0 Å². The van der Waals surface area contributed by atoms with Crippen LogP contribution in [0.5, 0.6) is 0 Å². The second-order valence-corrected chi connectivity index (χ2v) is 3.74. The van der Waals surface area contributed by atoms with Gasteiger partial charge < -0.3 is 14.8 Å². The average Bonchev–Trinajstić information content (AvgIpc) is 2.29. The summed E-state index contributed by atoms with van der Waals surface area (Å²) in [7, 11) is 0. The highest BCUT2D eigenvalue weighted by Crippen LogP contribution is 1.93. The van der Waals surface area contributed by atoms with Crippen LogP contribution in [0, 0.1) is 0 Å². The molecule has 0 saturated carbocycles. The molecule has 0 aliphatic carbocycles. The minimum atomic E-state index is -0.404. The zero-order valence-corrected chi connectivity index (χ0v) is 10.8. The van der Waals surface area contributed by atoms with Crippen molar-refractivity contribution in [1.29, 1.82) is 0 Å². The smallest absolute Gasteiger partial charge is 0.407 e. The number of carbonyl (C=O) groups is 2. The maximum absolute atomic E-state index is 11.1. The Morgan fingerprint density at radius 3 is 2.35 bits per heavy atom. The molecule has 0 atom stereocenters. The summed E-state index contributed by atoms with van der Waals surface area (Å²) in [6.07, 6.45) is 3.35. The van der Waals surface area contributed by atoms with Crippen LogP contribution in [0.4, 0.5) is 4.79 Å². The van der Waals surface area contributed by atoms with Crippen LogP contribution in [-0.2, 0) is 14.3 Å². The van der Waals surface area contributed by atoms with Crippen LogP contribution in [0.25, 0.3) is 0 Å². The van der Waals surface area contributed by atoms with E-state index in [1.807, 2.05) is 6.92 Å². The molecule has 0 saturated heterocycles. The Morgan fingerprint density at radius 1 is 1.00 bits per heavy atom. The number of amides is 1. The number of alkyl carbamates (subject to hydrolysis) is 1. The van der Waals surface area contributed by atoms with Gasteiger partial charge in [0, 0.05) is 19.4 Å². The first-order chi connectivity index (χ1) is 8.20. The summed E-state index contributed by atoms with van der Waals surface area (Å²) in [5, 5.41) is 2.63. The number of carbonyl (C=O) groups excluding carboxylic acids is 2. The summed E-state index contributed by atoms with van der Waals surface area (Å²) in [6.45, 7) is 5.20. The Hall–Kier alpha value is -1.26. The second kappa shape index (κ2) is 11.2. The van der Waals surface area contributed by atoms with Crippen LogP contribution in [0.1, 0.15) is 46.0 Å². The zero-order valence-electron chi connectivity index (χ0n) is 10.8. The van der Waals surface area contributed by atoms with E-state index in [4.69, 9.17) is 9.47 Å². The van der Waals surface area contributed by atoms with Gasteiger partial charge in [-0.3, -0.25) is 4.79 Å². The van der Waals surface area contributed by atoms with Crippen molar-refractivity contribution < 1.29 is 19.1 Å². The highest BCUT2D eigenvalue weighted by molar-refractivity contribution is 5.69. The van der Waals surface area contributed by atoms with E-state index in [9.17, 15) is 9.59 Å². The van der Waals surface area contributed by atoms with Crippen LogP contribution in [0.2, 0.25) is 0 Å². The van der Waals surface area contributed by atoms with Crippen molar-refractivity contribution in [2.24, 2.45) is 0 Å². The van der Waals surface area contributed by atoms with Crippen LogP contribution in [0.3, 0.4) is 0 Å². The lowest BCUT2D eigenvalue weighted by molar-refractivity contribution is -0.143. The highest BCUT2D eigenvalue weighted by Gasteiger charge is 2.02. The molecule has 0 aromatic carbocycles. The molecular weight excluding hydrogens is 222 g/mol. The Kier molecular flexibility index (Phi) is 10.4.